The first-order valence-electron chi connectivity index (χ1n) is 14.4. The molecule has 11 heteroatoms. The highest BCUT2D eigenvalue weighted by Gasteiger charge is 2.26. The normalized spacial score (nSPS) is 12.5. The van der Waals surface area contributed by atoms with Crippen molar-refractivity contribution in [2.45, 2.75) is 33.6 Å². The van der Waals surface area contributed by atoms with Gasteiger partial charge in [-0.05, 0) is 67.3 Å². The van der Waals surface area contributed by atoms with Gasteiger partial charge in [0.15, 0.2) is 5.69 Å². The third-order valence-corrected chi connectivity index (χ3v) is 7.23. The van der Waals surface area contributed by atoms with E-state index in [0.717, 1.165) is 12.8 Å². The summed E-state index contributed by atoms with van der Waals surface area (Å²) >= 11 is 0. The molecule has 1 fully saturated rings. The third kappa shape index (κ3) is 7.80. The zero-order valence-corrected chi connectivity index (χ0v) is 26.0. The molecule has 0 saturated heterocycles. The molecule has 0 bridgehead atoms. The molecular weight excluding hydrogens is 574 g/mol. The van der Waals surface area contributed by atoms with Gasteiger partial charge in [-0.1, -0.05) is 33.4 Å². The Morgan fingerprint density at radius 2 is 1.69 bits per heavy atom. The van der Waals surface area contributed by atoms with Crippen LogP contribution in [0.2, 0.25) is 0 Å². The monoisotopic (exact) mass is 611 g/mol. The first kappa shape index (κ1) is 32.6. The molecule has 4 N–H and O–H groups in total. The average molecular weight is 612 g/mol. The van der Waals surface area contributed by atoms with Gasteiger partial charge in [-0.15, -0.1) is 0 Å². The highest BCUT2D eigenvalue weighted by Crippen LogP contribution is 2.35. The van der Waals surface area contributed by atoms with Crippen molar-refractivity contribution >= 4 is 41.3 Å². The van der Waals surface area contributed by atoms with Crippen LogP contribution in [0.5, 0.6) is 5.75 Å². The maximum Gasteiger partial charge on any atom is 0.357 e. The number of ether oxygens (including phenoxy) is 2. The Hall–Kier alpha value is -5.32. The number of rotatable bonds is 10. The Morgan fingerprint density at radius 3 is 2.27 bits per heavy atom. The van der Waals surface area contributed by atoms with Gasteiger partial charge < -0.3 is 25.4 Å². The molecular formula is C34H37N5O6. The van der Waals surface area contributed by atoms with E-state index < -0.39 is 23.2 Å². The van der Waals surface area contributed by atoms with Crippen molar-refractivity contribution in [1.82, 2.24) is 15.6 Å². The minimum absolute atomic E-state index is 0.0461. The number of pyridine rings is 1. The first-order chi connectivity index (χ1) is 21.4. The van der Waals surface area contributed by atoms with Gasteiger partial charge in [0.2, 0.25) is 5.91 Å². The smallest absolute Gasteiger partial charge is 0.357 e. The molecule has 0 aliphatic heterocycles. The van der Waals surface area contributed by atoms with E-state index in [9.17, 15) is 19.2 Å². The maximum absolute atomic E-state index is 13.7. The number of benzene rings is 2. The fourth-order valence-corrected chi connectivity index (χ4v) is 4.34. The summed E-state index contributed by atoms with van der Waals surface area (Å²) in [5, 5.41) is 16.5. The SMILES string of the molecule is C=Cc1cc(C(=O)Nc2ccc(C(=N)NC(=O)C(C)(C)C)cc2)c(-c2ccc(C(=O)NCC3CC3)nc2C(=O)OC)cc1OC. The maximum atomic E-state index is 13.7. The van der Waals surface area contributed by atoms with Crippen molar-refractivity contribution in [1.29, 1.82) is 5.41 Å². The van der Waals surface area contributed by atoms with E-state index in [1.807, 2.05) is 0 Å². The molecule has 1 heterocycles. The van der Waals surface area contributed by atoms with Crippen molar-refractivity contribution in [3.8, 4) is 16.9 Å². The van der Waals surface area contributed by atoms with Crippen LogP contribution in [0.4, 0.5) is 5.69 Å². The molecule has 4 rings (SSSR count). The molecule has 0 radical (unpaired) electrons. The van der Waals surface area contributed by atoms with Crippen LogP contribution in [0.3, 0.4) is 0 Å². The number of anilines is 1. The molecule has 1 aliphatic carbocycles. The van der Waals surface area contributed by atoms with E-state index >= 15 is 0 Å². The van der Waals surface area contributed by atoms with Crippen LogP contribution >= 0.6 is 0 Å². The lowest BCUT2D eigenvalue weighted by Gasteiger charge is -2.18. The number of amidine groups is 1. The molecule has 1 aliphatic rings. The van der Waals surface area contributed by atoms with Crippen LogP contribution in [0.25, 0.3) is 17.2 Å². The van der Waals surface area contributed by atoms with E-state index in [1.165, 1.54) is 20.3 Å². The summed E-state index contributed by atoms with van der Waals surface area (Å²) in [5.74, 6) is -1.19. The Kier molecular flexibility index (Phi) is 9.81. The number of aromatic nitrogens is 1. The summed E-state index contributed by atoms with van der Waals surface area (Å²) in [4.78, 5) is 56.0. The van der Waals surface area contributed by atoms with Crippen LogP contribution in [0.15, 0.2) is 55.1 Å². The first-order valence-corrected chi connectivity index (χ1v) is 14.4. The molecule has 45 heavy (non-hydrogen) atoms. The van der Waals surface area contributed by atoms with Gasteiger partial charge in [0, 0.05) is 45.5 Å². The molecule has 0 unspecified atom stereocenters. The van der Waals surface area contributed by atoms with E-state index in [1.54, 1.807) is 69.3 Å². The molecule has 3 aromatic rings. The van der Waals surface area contributed by atoms with Crippen molar-refractivity contribution < 1.29 is 28.7 Å². The topological polar surface area (TPSA) is 160 Å². The molecule has 0 spiro atoms. The van der Waals surface area contributed by atoms with Crippen LogP contribution in [-0.2, 0) is 9.53 Å². The number of nitrogens with zero attached hydrogens (tertiary/aromatic N) is 1. The van der Waals surface area contributed by atoms with Gasteiger partial charge in [-0.25, -0.2) is 9.78 Å². The number of hydrogen-bond donors (Lipinski definition) is 4. The van der Waals surface area contributed by atoms with Crippen LogP contribution in [-0.4, -0.2) is 55.3 Å². The van der Waals surface area contributed by atoms with E-state index in [4.69, 9.17) is 14.9 Å². The number of methoxy groups -OCH3 is 2. The largest absolute Gasteiger partial charge is 0.496 e. The second-order valence-corrected chi connectivity index (χ2v) is 11.7. The molecule has 234 valence electrons. The van der Waals surface area contributed by atoms with Crippen molar-refractivity contribution in [3.05, 3.63) is 83.2 Å². The standard InChI is InChI=1S/C34H37N5O6/c1-7-20-16-25(30(40)37-22-12-10-21(11-13-22)29(35)39-33(43)34(2,3)4)24(17-27(20)44-5)23-14-15-26(38-28(23)32(42)45-6)31(41)36-18-19-8-9-19/h7,10-17,19H,1,8-9,18H2,2-6H3,(H,36,41)(H,37,40)(H2,35,39,43). The van der Waals surface area contributed by atoms with E-state index in [-0.39, 0.29) is 34.3 Å². The third-order valence-electron chi connectivity index (χ3n) is 7.23. The zero-order valence-electron chi connectivity index (χ0n) is 26.0. The van der Waals surface area contributed by atoms with E-state index in [2.05, 4.69) is 27.5 Å². The summed E-state index contributed by atoms with van der Waals surface area (Å²) < 4.78 is 10.5. The van der Waals surface area contributed by atoms with Gasteiger partial charge in [-0.2, -0.15) is 0 Å². The zero-order chi connectivity index (χ0) is 32.9. The number of carbonyl (C=O) groups is 4. The summed E-state index contributed by atoms with van der Waals surface area (Å²) in [5.41, 5.74) is 1.42. The van der Waals surface area contributed by atoms with Crippen LogP contribution < -0.4 is 20.7 Å². The number of carbonyl (C=O) groups excluding carboxylic acids is 4. The van der Waals surface area contributed by atoms with Gasteiger partial charge >= 0.3 is 5.97 Å². The lowest BCUT2D eigenvalue weighted by molar-refractivity contribution is -0.126. The fourth-order valence-electron chi connectivity index (χ4n) is 4.34. The fraction of sp³-hybridized carbons (Fsp3) is 0.294. The molecule has 11 nitrogen and oxygen atoms in total. The number of hydrogen-bond acceptors (Lipinski definition) is 8. The predicted molar refractivity (Wildman–Crippen MR) is 172 cm³/mol. The van der Waals surface area contributed by atoms with Crippen molar-refractivity contribution in [2.75, 3.05) is 26.1 Å². The summed E-state index contributed by atoms with van der Waals surface area (Å²) in [6.45, 7) is 9.62. The van der Waals surface area contributed by atoms with E-state index in [0.29, 0.717) is 40.6 Å². The second kappa shape index (κ2) is 13.5. The second-order valence-electron chi connectivity index (χ2n) is 11.7. The molecule has 0 atom stereocenters. The predicted octanol–water partition coefficient (Wildman–Crippen LogP) is 5.07. The number of esters is 1. The minimum Gasteiger partial charge on any atom is -0.496 e. The molecule has 2 aromatic carbocycles. The highest BCUT2D eigenvalue weighted by atomic mass is 16.5. The van der Waals surface area contributed by atoms with Crippen molar-refractivity contribution in [3.63, 3.8) is 0 Å². The lowest BCUT2D eigenvalue weighted by Crippen LogP contribution is -2.38. The molecule has 1 aromatic heterocycles. The number of amides is 3. The van der Waals surface area contributed by atoms with Crippen LogP contribution in [0, 0.1) is 16.7 Å². The Morgan fingerprint density at radius 1 is 1.00 bits per heavy atom. The van der Waals surface area contributed by atoms with Crippen LogP contribution in [0.1, 0.15) is 76.1 Å². The number of nitrogens with one attached hydrogen (secondary N) is 4. The van der Waals surface area contributed by atoms with Gasteiger partial charge in [0.25, 0.3) is 11.8 Å². The Balaban J connectivity index is 1.68. The molecule has 1 saturated carbocycles. The summed E-state index contributed by atoms with van der Waals surface area (Å²) in [6, 6.07) is 12.7. The summed E-state index contributed by atoms with van der Waals surface area (Å²) in [6.07, 6.45) is 3.67. The lowest BCUT2D eigenvalue weighted by atomic mass is 9.94. The quantitative estimate of drug-likeness (QED) is 0.142. The van der Waals surface area contributed by atoms with Gasteiger partial charge in [0.05, 0.1) is 14.2 Å². The van der Waals surface area contributed by atoms with Gasteiger partial charge in [-0.3, -0.25) is 19.8 Å². The Bertz CT molecular complexity index is 1670. The van der Waals surface area contributed by atoms with Gasteiger partial charge in [0.1, 0.15) is 17.3 Å². The van der Waals surface area contributed by atoms with Crippen molar-refractivity contribution in [2.24, 2.45) is 11.3 Å². The summed E-state index contributed by atoms with van der Waals surface area (Å²) in [7, 11) is 2.68. The molecule has 3 amide bonds. The highest BCUT2D eigenvalue weighted by molar-refractivity contribution is 6.12. The minimum atomic E-state index is -0.781. The average Bonchev–Trinajstić information content (AvgIpc) is 3.86. The Labute approximate surface area is 261 Å².